The van der Waals surface area contributed by atoms with Gasteiger partial charge in [-0.05, 0) is 37.1 Å². The minimum absolute atomic E-state index is 0.373. The van der Waals surface area contributed by atoms with Gasteiger partial charge >= 0.3 is 0 Å². The van der Waals surface area contributed by atoms with E-state index in [2.05, 4.69) is 31.2 Å². The maximum atomic E-state index is 5.83. The number of aryl methyl sites for hydroxylation is 1. The highest BCUT2D eigenvalue weighted by atomic mass is 16.3. The average molecular weight is 215 g/mol. The first-order valence-electron chi connectivity index (χ1n) is 5.57. The molecule has 2 aromatic rings. The molecule has 0 aliphatic rings. The predicted octanol–water partition coefficient (Wildman–Crippen LogP) is 2.87. The summed E-state index contributed by atoms with van der Waals surface area (Å²) >= 11 is 0. The summed E-state index contributed by atoms with van der Waals surface area (Å²) in [7, 11) is 0. The molecule has 84 valence electrons. The lowest BCUT2D eigenvalue weighted by Gasteiger charge is -2.14. The van der Waals surface area contributed by atoms with Gasteiger partial charge in [0, 0.05) is 5.92 Å². The van der Waals surface area contributed by atoms with Gasteiger partial charge < -0.3 is 10.2 Å². The third-order valence-corrected chi connectivity index (χ3v) is 2.90. The zero-order chi connectivity index (χ0) is 11.4. The summed E-state index contributed by atoms with van der Waals surface area (Å²) in [5.41, 5.74) is 9.61. The molecule has 2 N–H and O–H groups in total. The van der Waals surface area contributed by atoms with E-state index in [1.807, 2.05) is 6.07 Å². The van der Waals surface area contributed by atoms with Crippen LogP contribution >= 0.6 is 0 Å². The highest BCUT2D eigenvalue weighted by Crippen LogP contribution is 2.20. The molecule has 1 heterocycles. The van der Waals surface area contributed by atoms with Crippen LogP contribution in [0.4, 0.5) is 0 Å². The molecule has 1 aromatic heterocycles. The van der Waals surface area contributed by atoms with Crippen LogP contribution in [0.25, 0.3) is 0 Å². The minimum Gasteiger partial charge on any atom is -0.472 e. The number of furan rings is 1. The molecular formula is C14H17NO. The van der Waals surface area contributed by atoms with Gasteiger partial charge in [-0.1, -0.05) is 29.8 Å². The molecule has 0 aliphatic heterocycles. The van der Waals surface area contributed by atoms with Crippen LogP contribution in [0.1, 0.15) is 22.6 Å². The summed E-state index contributed by atoms with van der Waals surface area (Å²) in [5, 5.41) is 0. The number of nitrogens with two attached hydrogens (primary N) is 1. The van der Waals surface area contributed by atoms with Crippen LogP contribution in [-0.4, -0.2) is 6.54 Å². The Morgan fingerprint density at radius 2 is 1.94 bits per heavy atom. The zero-order valence-electron chi connectivity index (χ0n) is 9.52. The quantitative estimate of drug-likeness (QED) is 0.851. The fraction of sp³-hybridized carbons (Fsp3) is 0.286. The summed E-state index contributed by atoms with van der Waals surface area (Å²) < 4.78 is 5.07. The molecule has 1 atom stereocenters. The Hall–Kier alpha value is -1.54. The van der Waals surface area contributed by atoms with Crippen molar-refractivity contribution in [3.8, 4) is 0 Å². The normalized spacial score (nSPS) is 12.6. The van der Waals surface area contributed by atoms with Crippen molar-refractivity contribution in [1.82, 2.24) is 0 Å². The van der Waals surface area contributed by atoms with Crippen molar-refractivity contribution in [3.05, 3.63) is 59.5 Å². The molecule has 0 saturated carbocycles. The maximum Gasteiger partial charge on any atom is 0.0934 e. The fourth-order valence-corrected chi connectivity index (χ4v) is 1.87. The molecule has 1 unspecified atom stereocenters. The van der Waals surface area contributed by atoms with Crippen LogP contribution in [0.2, 0.25) is 0 Å². The maximum absolute atomic E-state index is 5.83. The highest BCUT2D eigenvalue weighted by molar-refractivity contribution is 5.26. The largest absolute Gasteiger partial charge is 0.472 e. The summed E-state index contributed by atoms with van der Waals surface area (Å²) in [5.74, 6) is 0.373. The van der Waals surface area contributed by atoms with Crippen LogP contribution in [0, 0.1) is 6.92 Å². The van der Waals surface area contributed by atoms with Gasteiger partial charge in [-0.15, -0.1) is 0 Å². The molecule has 0 bridgehead atoms. The smallest absolute Gasteiger partial charge is 0.0934 e. The van der Waals surface area contributed by atoms with Crippen LogP contribution in [0.5, 0.6) is 0 Å². The summed E-state index contributed by atoms with van der Waals surface area (Å²) in [6, 6.07) is 10.6. The Morgan fingerprint density at radius 3 is 2.50 bits per heavy atom. The topological polar surface area (TPSA) is 39.2 Å². The van der Waals surface area contributed by atoms with Crippen LogP contribution in [0.15, 0.2) is 47.3 Å². The van der Waals surface area contributed by atoms with E-state index in [1.54, 1.807) is 12.5 Å². The lowest BCUT2D eigenvalue weighted by molar-refractivity contribution is 0.561. The summed E-state index contributed by atoms with van der Waals surface area (Å²) in [6.07, 6.45) is 4.44. The van der Waals surface area contributed by atoms with Gasteiger partial charge in [0.05, 0.1) is 12.5 Å². The van der Waals surface area contributed by atoms with E-state index in [0.29, 0.717) is 12.5 Å². The lowest BCUT2D eigenvalue weighted by atomic mass is 9.92. The number of rotatable bonds is 4. The second-order valence-corrected chi connectivity index (χ2v) is 4.18. The second-order valence-electron chi connectivity index (χ2n) is 4.18. The third-order valence-electron chi connectivity index (χ3n) is 2.90. The Balaban J connectivity index is 2.13. The Bertz CT molecular complexity index is 417. The van der Waals surface area contributed by atoms with E-state index in [1.165, 1.54) is 16.7 Å². The van der Waals surface area contributed by atoms with Gasteiger partial charge in [-0.3, -0.25) is 0 Å². The van der Waals surface area contributed by atoms with E-state index >= 15 is 0 Å². The molecule has 2 heteroatoms. The standard InChI is InChI=1S/C14H17NO/c1-11-2-4-13(5-3-11)14(9-15)8-12-6-7-16-10-12/h2-7,10,14H,8-9,15H2,1H3. The van der Waals surface area contributed by atoms with Crippen molar-refractivity contribution in [2.24, 2.45) is 5.73 Å². The van der Waals surface area contributed by atoms with Gasteiger partial charge in [-0.25, -0.2) is 0 Å². The fourth-order valence-electron chi connectivity index (χ4n) is 1.87. The van der Waals surface area contributed by atoms with Gasteiger partial charge in [0.25, 0.3) is 0 Å². The van der Waals surface area contributed by atoms with E-state index in [-0.39, 0.29) is 0 Å². The average Bonchev–Trinajstić information content (AvgIpc) is 2.80. The first-order chi connectivity index (χ1) is 7.79. The Labute approximate surface area is 96.1 Å². The molecular weight excluding hydrogens is 198 g/mol. The molecule has 0 aliphatic carbocycles. The van der Waals surface area contributed by atoms with Crippen molar-refractivity contribution < 1.29 is 4.42 Å². The van der Waals surface area contributed by atoms with E-state index in [9.17, 15) is 0 Å². The van der Waals surface area contributed by atoms with Gasteiger partial charge in [0.15, 0.2) is 0 Å². The van der Waals surface area contributed by atoms with E-state index in [0.717, 1.165) is 6.42 Å². The first kappa shape index (κ1) is 11.0. The minimum atomic E-state index is 0.373. The van der Waals surface area contributed by atoms with Crippen LogP contribution in [-0.2, 0) is 6.42 Å². The van der Waals surface area contributed by atoms with Crippen molar-refractivity contribution in [3.63, 3.8) is 0 Å². The predicted molar refractivity (Wildman–Crippen MR) is 65.4 cm³/mol. The Morgan fingerprint density at radius 1 is 1.19 bits per heavy atom. The summed E-state index contributed by atoms with van der Waals surface area (Å²) in [6.45, 7) is 2.76. The highest BCUT2D eigenvalue weighted by Gasteiger charge is 2.10. The molecule has 2 rings (SSSR count). The monoisotopic (exact) mass is 215 g/mol. The molecule has 1 aromatic carbocycles. The van der Waals surface area contributed by atoms with Crippen molar-refractivity contribution in [2.45, 2.75) is 19.3 Å². The SMILES string of the molecule is Cc1ccc(C(CN)Cc2ccoc2)cc1. The van der Waals surface area contributed by atoms with Crippen molar-refractivity contribution >= 4 is 0 Å². The molecule has 0 saturated heterocycles. The van der Waals surface area contributed by atoms with Crippen molar-refractivity contribution in [1.29, 1.82) is 0 Å². The number of hydrogen-bond acceptors (Lipinski definition) is 2. The second kappa shape index (κ2) is 4.99. The molecule has 0 radical (unpaired) electrons. The lowest BCUT2D eigenvalue weighted by Crippen LogP contribution is -2.14. The van der Waals surface area contributed by atoms with Gasteiger partial charge in [-0.2, -0.15) is 0 Å². The van der Waals surface area contributed by atoms with E-state index < -0.39 is 0 Å². The molecule has 16 heavy (non-hydrogen) atoms. The number of benzene rings is 1. The van der Waals surface area contributed by atoms with E-state index in [4.69, 9.17) is 10.2 Å². The van der Waals surface area contributed by atoms with Crippen LogP contribution in [0.3, 0.4) is 0 Å². The first-order valence-corrected chi connectivity index (χ1v) is 5.57. The molecule has 2 nitrogen and oxygen atoms in total. The molecule has 0 spiro atoms. The summed E-state index contributed by atoms with van der Waals surface area (Å²) in [4.78, 5) is 0. The number of hydrogen-bond donors (Lipinski definition) is 1. The zero-order valence-corrected chi connectivity index (χ0v) is 9.52. The van der Waals surface area contributed by atoms with Gasteiger partial charge in [0.1, 0.15) is 0 Å². The van der Waals surface area contributed by atoms with Crippen LogP contribution < -0.4 is 5.73 Å². The molecule has 0 amide bonds. The molecule has 0 fully saturated rings. The third kappa shape index (κ3) is 2.52. The van der Waals surface area contributed by atoms with Crippen molar-refractivity contribution in [2.75, 3.05) is 6.54 Å². The van der Waals surface area contributed by atoms with Gasteiger partial charge in [0.2, 0.25) is 0 Å². The Kier molecular flexibility index (Phi) is 3.42.